The highest BCUT2D eigenvalue weighted by Gasteiger charge is 2.41. The Balaban J connectivity index is 0.000000401. The van der Waals surface area contributed by atoms with Crippen molar-refractivity contribution in [3.63, 3.8) is 0 Å². The van der Waals surface area contributed by atoms with E-state index in [2.05, 4.69) is 61.1 Å². The number of carboxylic acids is 3. The van der Waals surface area contributed by atoms with E-state index < -0.39 is 36.4 Å². The van der Waals surface area contributed by atoms with Gasteiger partial charge in [0.2, 0.25) is 0 Å². The molecule has 1 saturated heterocycles. The van der Waals surface area contributed by atoms with Crippen molar-refractivity contribution in [3.8, 4) is 11.5 Å². The highest BCUT2D eigenvalue weighted by molar-refractivity contribution is 5.88. The van der Waals surface area contributed by atoms with Crippen LogP contribution in [0.3, 0.4) is 0 Å². The van der Waals surface area contributed by atoms with Gasteiger partial charge in [0.25, 0.3) is 0 Å². The van der Waals surface area contributed by atoms with Crippen LogP contribution < -0.4 is 14.8 Å². The zero-order valence-electron chi connectivity index (χ0n) is 25.1. The van der Waals surface area contributed by atoms with Gasteiger partial charge in [-0.3, -0.25) is 19.5 Å². The molecule has 232 valence electrons. The van der Waals surface area contributed by atoms with Crippen molar-refractivity contribution in [2.45, 2.75) is 89.2 Å². The second-order valence-electron chi connectivity index (χ2n) is 11.9. The molecule has 5 N–H and O–H groups in total. The van der Waals surface area contributed by atoms with Gasteiger partial charge >= 0.3 is 17.9 Å². The minimum absolute atomic E-state index is 0.0890. The predicted octanol–water partition coefficient (Wildman–Crippen LogP) is 3.16. The highest BCUT2D eigenvalue weighted by atomic mass is 16.5. The molecular formula is C30H43N3O9. The van der Waals surface area contributed by atoms with Gasteiger partial charge in [-0.25, -0.2) is 4.79 Å². The van der Waals surface area contributed by atoms with Crippen molar-refractivity contribution in [2.24, 2.45) is 0 Å². The molecule has 0 bridgehead atoms. The van der Waals surface area contributed by atoms with Crippen LogP contribution in [0.2, 0.25) is 0 Å². The molecule has 0 unspecified atom stereocenters. The van der Waals surface area contributed by atoms with Crippen LogP contribution in [0.5, 0.6) is 11.5 Å². The third-order valence-electron chi connectivity index (χ3n) is 6.88. The summed E-state index contributed by atoms with van der Waals surface area (Å²) in [6.07, 6.45) is 3.70. The largest absolute Gasteiger partial charge is 0.497 e. The molecule has 0 aliphatic carbocycles. The fourth-order valence-electron chi connectivity index (χ4n) is 5.47. The van der Waals surface area contributed by atoms with E-state index in [1.807, 2.05) is 24.5 Å². The van der Waals surface area contributed by atoms with Crippen molar-refractivity contribution in [1.82, 2.24) is 15.2 Å². The number of benzene rings is 1. The molecule has 3 rings (SSSR count). The second-order valence-corrected chi connectivity index (χ2v) is 11.9. The number of methoxy groups -OCH3 is 2. The number of aliphatic carboxylic acids is 3. The first kappa shape index (κ1) is 34.5. The predicted molar refractivity (Wildman–Crippen MR) is 154 cm³/mol. The Hall–Kier alpha value is -3.74. The summed E-state index contributed by atoms with van der Waals surface area (Å²) in [6.45, 7) is 10.9. The maximum Gasteiger partial charge on any atom is 0.336 e. The number of hydrogen-bond donors (Lipinski definition) is 5. The SMILES string of the molecule is COc1cc(CN(Cc2cccnc2)C2CC(C)(C)NC(C)(C)C2)cc(OC)c1.O=C(O)CC(O)(CC(=O)O)C(=O)O. The Kier molecular flexibility index (Phi) is 11.8. The monoisotopic (exact) mass is 589 g/mol. The summed E-state index contributed by atoms with van der Waals surface area (Å²) in [4.78, 5) is 37.4. The van der Waals surface area contributed by atoms with Crippen molar-refractivity contribution in [1.29, 1.82) is 0 Å². The maximum absolute atomic E-state index is 10.3. The van der Waals surface area contributed by atoms with Crippen LogP contribution in [0.4, 0.5) is 0 Å². The molecular weight excluding hydrogens is 546 g/mol. The van der Waals surface area contributed by atoms with Crippen LogP contribution in [-0.4, -0.2) is 85.2 Å². The standard InChI is InChI=1S/C24H35N3O2.C6H8O7/c1-23(2)13-20(14-24(3,4)26-23)27(16-18-8-7-9-25-15-18)17-19-10-21(28-5)12-22(11-19)29-6;7-3(8)1-6(13,5(11)12)2-4(9)10/h7-12,15,20,26H,13-14,16-17H2,1-6H3;13H,1-2H2,(H,7,8)(H,9,10)(H,11,12). The molecule has 2 heterocycles. The van der Waals surface area contributed by atoms with Crippen molar-refractivity contribution in [2.75, 3.05) is 14.2 Å². The number of carboxylic acid groups (broad SMARTS) is 3. The number of aliphatic hydroxyl groups is 1. The van der Waals surface area contributed by atoms with E-state index in [0.717, 1.165) is 37.4 Å². The molecule has 1 aromatic heterocycles. The lowest BCUT2D eigenvalue weighted by atomic mass is 9.79. The summed E-state index contributed by atoms with van der Waals surface area (Å²) >= 11 is 0. The van der Waals surface area contributed by atoms with Crippen molar-refractivity contribution < 1.29 is 44.3 Å². The summed E-state index contributed by atoms with van der Waals surface area (Å²) in [5, 5.41) is 37.6. The van der Waals surface area contributed by atoms with Gasteiger partial charge in [-0.1, -0.05) is 6.07 Å². The quantitative estimate of drug-likeness (QED) is 0.245. The molecule has 0 spiro atoms. The van der Waals surface area contributed by atoms with Crippen molar-refractivity contribution in [3.05, 3.63) is 53.9 Å². The van der Waals surface area contributed by atoms with Gasteiger partial charge in [-0.05, 0) is 69.9 Å². The average Bonchev–Trinajstić information content (AvgIpc) is 2.86. The topological polar surface area (TPSA) is 179 Å². The summed E-state index contributed by atoms with van der Waals surface area (Å²) < 4.78 is 11.0. The molecule has 42 heavy (non-hydrogen) atoms. The normalized spacial score (nSPS) is 16.2. The van der Waals surface area contributed by atoms with Gasteiger partial charge in [0.05, 0.1) is 27.1 Å². The van der Waals surface area contributed by atoms with E-state index >= 15 is 0 Å². The van der Waals surface area contributed by atoms with Crippen LogP contribution >= 0.6 is 0 Å². The molecule has 1 aliphatic rings. The van der Waals surface area contributed by atoms with E-state index in [4.69, 9.17) is 29.9 Å². The van der Waals surface area contributed by atoms with E-state index in [0.29, 0.717) is 6.04 Å². The summed E-state index contributed by atoms with van der Waals surface area (Å²) in [5.41, 5.74) is -0.134. The van der Waals surface area contributed by atoms with Gasteiger partial charge in [0.1, 0.15) is 11.5 Å². The number of piperidine rings is 1. The minimum atomic E-state index is -2.74. The first-order valence-electron chi connectivity index (χ1n) is 13.5. The van der Waals surface area contributed by atoms with Crippen LogP contribution in [0.15, 0.2) is 42.7 Å². The minimum Gasteiger partial charge on any atom is -0.497 e. The fourth-order valence-corrected chi connectivity index (χ4v) is 5.47. The van der Waals surface area contributed by atoms with E-state index in [1.54, 1.807) is 14.2 Å². The van der Waals surface area contributed by atoms with Gasteiger partial charge in [0, 0.05) is 48.7 Å². The lowest BCUT2D eigenvalue weighted by Crippen LogP contribution is -2.62. The van der Waals surface area contributed by atoms with Gasteiger partial charge in [-0.2, -0.15) is 0 Å². The molecule has 0 radical (unpaired) electrons. The number of ether oxygens (including phenoxy) is 2. The Labute approximate surface area is 246 Å². The summed E-state index contributed by atoms with van der Waals surface area (Å²) in [6, 6.07) is 10.8. The van der Waals surface area contributed by atoms with Gasteiger partial charge in [-0.15, -0.1) is 0 Å². The van der Waals surface area contributed by atoms with E-state index in [1.165, 1.54) is 11.1 Å². The summed E-state index contributed by atoms with van der Waals surface area (Å²) in [7, 11) is 3.40. The molecule has 12 nitrogen and oxygen atoms in total. The molecule has 2 aromatic rings. The summed E-state index contributed by atoms with van der Waals surface area (Å²) in [5.74, 6) is -3.37. The number of carbonyl (C=O) groups is 3. The molecule has 0 saturated carbocycles. The zero-order valence-corrected chi connectivity index (χ0v) is 25.1. The third-order valence-corrected chi connectivity index (χ3v) is 6.88. The molecule has 0 atom stereocenters. The van der Waals surface area contributed by atoms with Crippen molar-refractivity contribution >= 4 is 17.9 Å². The maximum atomic E-state index is 10.3. The molecule has 1 fully saturated rings. The zero-order chi connectivity index (χ0) is 31.7. The number of hydrogen-bond acceptors (Lipinski definition) is 9. The number of rotatable bonds is 12. The van der Waals surface area contributed by atoms with Crippen LogP contribution in [0.25, 0.3) is 0 Å². The molecule has 12 heteroatoms. The average molecular weight is 590 g/mol. The molecule has 1 aromatic carbocycles. The van der Waals surface area contributed by atoms with E-state index in [9.17, 15) is 14.4 Å². The second kappa shape index (κ2) is 14.4. The van der Waals surface area contributed by atoms with Crippen LogP contribution in [0, 0.1) is 0 Å². The van der Waals surface area contributed by atoms with Gasteiger partial charge < -0.3 is 35.2 Å². The lowest BCUT2D eigenvalue weighted by Gasteiger charge is -2.49. The highest BCUT2D eigenvalue weighted by Crippen LogP contribution is 2.34. The Morgan fingerprint density at radius 1 is 0.929 bits per heavy atom. The van der Waals surface area contributed by atoms with Gasteiger partial charge in [0.15, 0.2) is 5.60 Å². The number of aromatic nitrogens is 1. The fraction of sp³-hybridized carbons (Fsp3) is 0.533. The third kappa shape index (κ3) is 10.9. The smallest absolute Gasteiger partial charge is 0.336 e. The Bertz CT molecular complexity index is 1160. The Morgan fingerprint density at radius 3 is 1.83 bits per heavy atom. The molecule has 1 aliphatic heterocycles. The van der Waals surface area contributed by atoms with Crippen LogP contribution in [0.1, 0.15) is 64.5 Å². The first-order chi connectivity index (χ1) is 19.5. The number of nitrogens with one attached hydrogen (secondary N) is 1. The van der Waals surface area contributed by atoms with E-state index in [-0.39, 0.29) is 11.1 Å². The first-order valence-corrected chi connectivity index (χ1v) is 13.5. The van der Waals surface area contributed by atoms with Crippen LogP contribution in [-0.2, 0) is 27.5 Å². The lowest BCUT2D eigenvalue weighted by molar-refractivity contribution is -0.170. The number of pyridine rings is 1. The molecule has 0 amide bonds. The number of nitrogens with zero attached hydrogens (tertiary/aromatic N) is 2. The Morgan fingerprint density at radius 2 is 1.43 bits per heavy atom.